The maximum Gasteiger partial charge on any atom is 0.223 e. The smallest absolute Gasteiger partial charge is 0.223 e. The predicted molar refractivity (Wildman–Crippen MR) is 73.1 cm³/mol. The number of likely N-dealkylation sites (N-methyl/N-ethyl adjacent to an activating group) is 1. The molecule has 0 spiro atoms. The van der Waals surface area contributed by atoms with Gasteiger partial charge in [-0.2, -0.15) is 0 Å². The van der Waals surface area contributed by atoms with Gasteiger partial charge in [0.2, 0.25) is 5.91 Å². The van der Waals surface area contributed by atoms with Crippen LogP contribution in [-0.4, -0.2) is 43.0 Å². The van der Waals surface area contributed by atoms with Crippen LogP contribution < -0.4 is 11.1 Å². The SMILES string of the molecule is CC1CC(C)C(C(=O)NC2CCN(C)C2)CC1N. The normalized spacial score (nSPS) is 41.9. The zero-order chi connectivity index (χ0) is 13.3. The van der Waals surface area contributed by atoms with Crippen LogP contribution in [-0.2, 0) is 4.79 Å². The second-order valence-corrected chi connectivity index (χ2v) is 6.45. The highest BCUT2D eigenvalue weighted by Gasteiger charge is 2.36. The fourth-order valence-electron chi connectivity index (χ4n) is 3.41. The van der Waals surface area contributed by atoms with Crippen molar-refractivity contribution in [1.82, 2.24) is 10.2 Å². The molecule has 1 aliphatic carbocycles. The average Bonchev–Trinajstić information content (AvgIpc) is 2.69. The van der Waals surface area contributed by atoms with Crippen molar-refractivity contribution in [2.45, 2.75) is 45.2 Å². The summed E-state index contributed by atoms with van der Waals surface area (Å²) in [6, 6.07) is 0.522. The molecule has 0 aromatic carbocycles. The van der Waals surface area contributed by atoms with E-state index in [1.807, 2.05) is 0 Å². The first kappa shape index (κ1) is 13.8. The van der Waals surface area contributed by atoms with Gasteiger partial charge in [0.15, 0.2) is 0 Å². The molecule has 5 unspecified atom stereocenters. The zero-order valence-electron chi connectivity index (χ0n) is 11.9. The number of rotatable bonds is 2. The minimum Gasteiger partial charge on any atom is -0.352 e. The summed E-state index contributed by atoms with van der Waals surface area (Å²) in [5.74, 6) is 1.34. The fraction of sp³-hybridized carbons (Fsp3) is 0.929. The Balaban J connectivity index is 1.88. The molecule has 1 saturated heterocycles. The quantitative estimate of drug-likeness (QED) is 0.766. The van der Waals surface area contributed by atoms with E-state index in [1.165, 1.54) is 0 Å². The summed E-state index contributed by atoms with van der Waals surface area (Å²) in [5, 5.41) is 3.21. The third kappa shape index (κ3) is 3.04. The van der Waals surface area contributed by atoms with Crippen LogP contribution >= 0.6 is 0 Å². The van der Waals surface area contributed by atoms with Crippen LogP contribution in [0.1, 0.15) is 33.1 Å². The first-order valence-corrected chi connectivity index (χ1v) is 7.22. The molecule has 2 fully saturated rings. The van der Waals surface area contributed by atoms with Crippen LogP contribution in [0.15, 0.2) is 0 Å². The number of nitrogens with two attached hydrogens (primary N) is 1. The predicted octanol–water partition coefficient (Wildman–Crippen LogP) is 0.816. The van der Waals surface area contributed by atoms with Crippen LogP contribution in [0.25, 0.3) is 0 Å². The Morgan fingerprint density at radius 3 is 2.61 bits per heavy atom. The molecular weight excluding hydrogens is 226 g/mol. The van der Waals surface area contributed by atoms with Gasteiger partial charge in [-0.05, 0) is 44.7 Å². The van der Waals surface area contributed by atoms with E-state index < -0.39 is 0 Å². The van der Waals surface area contributed by atoms with Crippen molar-refractivity contribution in [3.8, 4) is 0 Å². The van der Waals surface area contributed by atoms with E-state index >= 15 is 0 Å². The van der Waals surface area contributed by atoms with E-state index in [9.17, 15) is 4.79 Å². The average molecular weight is 253 g/mol. The third-order valence-electron chi connectivity index (χ3n) is 4.76. The molecular formula is C14H27N3O. The molecule has 5 atom stereocenters. The number of carbonyl (C=O) groups excluding carboxylic acids is 1. The number of amides is 1. The van der Waals surface area contributed by atoms with Gasteiger partial charge in [0, 0.05) is 24.5 Å². The van der Waals surface area contributed by atoms with Crippen molar-refractivity contribution in [3.63, 3.8) is 0 Å². The van der Waals surface area contributed by atoms with Crippen molar-refractivity contribution in [2.24, 2.45) is 23.5 Å². The number of carbonyl (C=O) groups is 1. The van der Waals surface area contributed by atoms with Crippen LogP contribution in [0.5, 0.6) is 0 Å². The van der Waals surface area contributed by atoms with Gasteiger partial charge >= 0.3 is 0 Å². The third-order valence-corrected chi connectivity index (χ3v) is 4.76. The molecule has 3 N–H and O–H groups in total. The Labute approximate surface area is 110 Å². The van der Waals surface area contributed by atoms with E-state index in [4.69, 9.17) is 5.73 Å². The summed E-state index contributed by atoms with van der Waals surface area (Å²) in [4.78, 5) is 14.6. The number of hydrogen-bond acceptors (Lipinski definition) is 3. The molecule has 4 heteroatoms. The summed E-state index contributed by atoms with van der Waals surface area (Å²) in [5.41, 5.74) is 6.11. The topological polar surface area (TPSA) is 58.4 Å². The molecule has 0 aromatic rings. The molecule has 0 aromatic heterocycles. The Hall–Kier alpha value is -0.610. The van der Waals surface area contributed by atoms with Gasteiger partial charge in [0.25, 0.3) is 0 Å². The van der Waals surface area contributed by atoms with Crippen molar-refractivity contribution in [2.75, 3.05) is 20.1 Å². The largest absolute Gasteiger partial charge is 0.352 e. The van der Waals surface area contributed by atoms with Crippen LogP contribution in [0.4, 0.5) is 0 Å². The van der Waals surface area contributed by atoms with Crippen LogP contribution in [0.2, 0.25) is 0 Å². The summed E-state index contributed by atoms with van der Waals surface area (Å²) in [6.45, 7) is 6.45. The molecule has 0 bridgehead atoms. The van der Waals surface area contributed by atoms with Crippen LogP contribution in [0.3, 0.4) is 0 Å². The molecule has 1 saturated carbocycles. The summed E-state index contributed by atoms with van der Waals surface area (Å²) >= 11 is 0. The van der Waals surface area contributed by atoms with E-state index in [1.54, 1.807) is 0 Å². The molecule has 18 heavy (non-hydrogen) atoms. The summed E-state index contributed by atoms with van der Waals surface area (Å²) in [7, 11) is 2.10. The Kier molecular flexibility index (Phi) is 4.28. The Bertz CT molecular complexity index is 307. The van der Waals surface area contributed by atoms with E-state index in [0.717, 1.165) is 32.4 Å². The second kappa shape index (κ2) is 5.57. The highest BCUT2D eigenvalue weighted by molar-refractivity contribution is 5.79. The minimum absolute atomic E-state index is 0.113. The van der Waals surface area contributed by atoms with Crippen molar-refractivity contribution < 1.29 is 4.79 Å². The number of hydrogen-bond donors (Lipinski definition) is 2. The van der Waals surface area contributed by atoms with Crippen molar-refractivity contribution in [3.05, 3.63) is 0 Å². The maximum atomic E-state index is 12.3. The van der Waals surface area contributed by atoms with Gasteiger partial charge in [0.1, 0.15) is 0 Å². The number of nitrogens with zero attached hydrogens (tertiary/aromatic N) is 1. The molecule has 1 amide bonds. The lowest BCUT2D eigenvalue weighted by Crippen LogP contribution is -2.47. The first-order valence-electron chi connectivity index (χ1n) is 7.22. The molecule has 2 aliphatic rings. The van der Waals surface area contributed by atoms with E-state index in [2.05, 4.69) is 31.1 Å². The lowest BCUT2D eigenvalue weighted by atomic mass is 9.72. The van der Waals surface area contributed by atoms with Gasteiger partial charge < -0.3 is 16.0 Å². The number of likely N-dealkylation sites (tertiary alicyclic amines) is 1. The molecule has 1 heterocycles. The zero-order valence-corrected chi connectivity index (χ0v) is 11.9. The van der Waals surface area contributed by atoms with Gasteiger partial charge in [0.05, 0.1) is 0 Å². The summed E-state index contributed by atoms with van der Waals surface area (Å²) in [6.07, 6.45) is 2.99. The first-order chi connectivity index (χ1) is 8.47. The van der Waals surface area contributed by atoms with Gasteiger partial charge in [-0.3, -0.25) is 4.79 Å². The van der Waals surface area contributed by atoms with E-state index in [-0.39, 0.29) is 17.9 Å². The molecule has 1 aliphatic heterocycles. The Morgan fingerprint density at radius 2 is 2.00 bits per heavy atom. The van der Waals surface area contributed by atoms with Gasteiger partial charge in [-0.15, -0.1) is 0 Å². The van der Waals surface area contributed by atoms with Crippen molar-refractivity contribution >= 4 is 5.91 Å². The van der Waals surface area contributed by atoms with Crippen LogP contribution in [0, 0.1) is 17.8 Å². The van der Waals surface area contributed by atoms with Gasteiger partial charge in [-0.1, -0.05) is 13.8 Å². The fourth-order valence-corrected chi connectivity index (χ4v) is 3.41. The molecule has 104 valence electrons. The lowest BCUT2D eigenvalue weighted by molar-refractivity contribution is -0.128. The lowest BCUT2D eigenvalue weighted by Gasteiger charge is -2.36. The van der Waals surface area contributed by atoms with Crippen molar-refractivity contribution in [1.29, 1.82) is 0 Å². The summed E-state index contributed by atoms with van der Waals surface area (Å²) < 4.78 is 0. The minimum atomic E-state index is 0.113. The standard InChI is InChI=1S/C14H27N3O/c1-9-6-10(2)13(15)7-12(9)14(18)16-11-4-5-17(3)8-11/h9-13H,4-8,15H2,1-3H3,(H,16,18). The molecule has 0 radical (unpaired) electrons. The molecule has 2 rings (SSSR count). The maximum absolute atomic E-state index is 12.3. The second-order valence-electron chi connectivity index (χ2n) is 6.45. The van der Waals surface area contributed by atoms with Gasteiger partial charge in [-0.25, -0.2) is 0 Å². The highest BCUT2D eigenvalue weighted by Crippen LogP contribution is 2.33. The van der Waals surface area contributed by atoms with E-state index in [0.29, 0.717) is 17.9 Å². The monoisotopic (exact) mass is 253 g/mol. The number of nitrogens with one attached hydrogen (secondary N) is 1. The Morgan fingerprint density at radius 1 is 1.28 bits per heavy atom. The highest BCUT2D eigenvalue weighted by atomic mass is 16.2. The molecule has 4 nitrogen and oxygen atoms in total.